The van der Waals surface area contributed by atoms with Gasteiger partial charge in [0, 0.05) is 37.0 Å². The summed E-state index contributed by atoms with van der Waals surface area (Å²) in [5.41, 5.74) is 3.58. The Kier molecular flexibility index (Phi) is 7.85. The third-order valence-electron chi connectivity index (χ3n) is 4.89. The second-order valence-electron chi connectivity index (χ2n) is 7.39. The van der Waals surface area contributed by atoms with Crippen LogP contribution < -0.4 is 0 Å². The predicted octanol–water partition coefficient (Wildman–Crippen LogP) is 4.00. The van der Waals surface area contributed by atoms with E-state index >= 15 is 0 Å². The molecule has 1 aliphatic heterocycles. The van der Waals surface area contributed by atoms with E-state index in [-0.39, 0.29) is 0 Å². The summed E-state index contributed by atoms with van der Waals surface area (Å²) in [6, 6.07) is 0.449. The van der Waals surface area contributed by atoms with Crippen LogP contribution in [0.2, 0.25) is 0 Å². The number of aromatic amines is 1. The Bertz CT molecular complexity index is 619. The monoisotopic (exact) mass is 355 g/mol. The van der Waals surface area contributed by atoms with Crippen molar-refractivity contribution in [3.05, 3.63) is 54.2 Å². The van der Waals surface area contributed by atoms with Crippen LogP contribution in [-0.2, 0) is 6.42 Å². The van der Waals surface area contributed by atoms with Crippen molar-refractivity contribution in [3.63, 3.8) is 0 Å². The van der Waals surface area contributed by atoms with Gasteiger partial charge in [0.05, 0.1) is 6.20 Å². The van der Waals surface area contributed by atoms with Crippen LogP contribution in [0, 0.1) is 11.3 Å². The van der Waals surface area contributed by atoms with Crippen LogP contribution in [0.5, 0.6) is 0 Å². The molecule has 0 spiro atoms. The average molecular weight is 356 g/mol. The number of aromatic nitrogens is 2. The fourth-order valence-corrected chi connectivity index (χ4v) is 3.41. The molecule has 5 nitrogen and oxygen atoms in total. The predicted molar refractivity (Wildman–Crippen MR) is 109 cm³/mol. The highest BCUT2D eigenvalue weighted by Crippen LogP contribution is 2.26. The molecule has 0 aromatic carbocycles. The largest absolute Gasteiger partial charge is 0.348 e. The molecule has 0 bridgehead atoms. The van der Waals surface area contributed by atoms with Crippen LogP contribution in [0.15, 0.2) is 48.6 Å². The highest BCUT2D eigenvalue weighted by Gasteiger charge is 2.24. The van der Waals surface area contributed by atoms with Gasteiger partial charge in [0.15, 0.2) is 0 Å². The standard InChI is InChI=1S/C21H33N5/c1-5-26(20-9-12-25(4)13-10-20)21(8-11-22)19(7-6-17(2)3)14-18-15-23-24-16-18/h5-7,11,15-17,20,22H,1,8-10,12-14H2,2-4H3,(H,23,24)/b7-6+,21-19-,22-11?. The van der Waals surface area contributed by atoms with Crippen LogP contribution in [0.4, 0.5) is 0 Å². The van der Waals surface area contributed by atoms with Crippen molar-refractivity contribution < 1.29 is 0 Å². The Labute approximate surface area is 158 Å². The van der Waals surface area contributed by atoms with Crippen LogP contribution in [0.25, 0.3) is 0 Å². The third-order valence-corrected chi connectivity index (χ3v) is 4.89. The van der Waals surface area contributed by atoms with Gasteiger partial charge >= 0.3 is 0 Å². The number of rotatable bonds is 9. The van der Waals surface area contributed by atoms with E-state index < -0.39 is 0 Å². The number of nitrogens with one attached hydrogen (secondary N) is 2. The molecule has 0 amide bonds. The second kappa shape index (κ2) is 10.1. The fraction of sp³-hybridized carbons (Fsp3) is 0.524. The van der Waals surface area contributed by atoms with Gasteiger partial charge in [0.25, 0.3) is 0 Å². The lowest BCUT2D eigenvalue weighted by molar-refractivity contribution is 0.182. The summed E-state index contributed by atoms with van der Waals surface area (Å²) in [5, 5.41) is 14.7. The fourth-order valence-electron chi connectivity index (χ4n) is 3.41. The van der Waals surface area contributed by atoms with Gasteiger partial charge in [-0.05, 0) is 56.2 Å². The van der Waals surface area contributed by atoms with Gasteiger partial charge in [-0.25, -0.2) is 0 Å². The molecule has 0 atom stereocenters. The maximum Gasteiger partial charge on any atom is 0.0522 e. The SMILES string of the molecule is C=CN(/C(CC=N)=C(/C=C/C(C)C)Cc1cn[nH]c1)C1CCN(C)CC1. The van der Waals surface area contributed by atoms with E-state index in [9.17, 15) is 0 Å². The van der Waals surface area contributed by atoms with E-state index in [0.29, 0.717) is 18.4 Å². The topological polar surface area (TPSA) is 59.0 Å². The average Bonchev–Trinajstić information content (AvgIpc) is 3.13. The molecule has 5 heteroatoms. The van der Waals surface area contributed by atoms with Gasteiger partial charge in [-0.3, -0.25) is 5.10 Å². The van der Waals surface area contributed by atoms with Crippen molar-refractivity contribution in [2.45, 2.75) is 45.6 Å². The Morgan fingerprint density at radius 1 is 1.46 bits per heavy atom. The van der Waals surface area contributed by atoms with Gasteiger partial charge in [0.2, 0.25) is 0 Å². The number of likely N-dealkylation sites (tertiary alicyclic amines) is 1. The van der Waals surface area contributed by atoms with E-state index in [1.54, 1.807) is 0 Å². The molecule has 1 aromatic rings. The van der Waals surface area contributed by atoms with Crippen molar-refractivity contribution >= 4 is 6.21 Å². The first-order valence-electron chi connectivity index (χ1n) is 9.51. The Morgan fingerprint density at radius 3 is 2.73 bits per heavy atom. The smallest absolute Gasteiger partial charge is 0.0522 e. The highest BCUT2D eigenvalue weighted by atomic mass is 15.2. The van der Waals surface area contributed by atoms with Crippen LogP contribution >= 0.6 is 0 Å². The van der Waals surface area contributed by atoms with Crippen LogP contribution in [-0.4, -0.2) is 52.4 Å². The molecule has 2 rings (SSSR count). The highest BCUT2D eigenvalue weighted by molar-refractivity contribution is 5.58. The van der Waals surface area contributed by atoms with Crippen molar-refractivity contribution in [2.75, 3.05) is 20.1 Å². The van der Waals surface area contributed by atoms with Crippen molar-refractivity contribution in [2.24, 2.45) is 5.92 Å². The molecule has 2 heterocycles. The normalized spacial score (nSPS) is 17.5. The lowest BCUT2D eigenvalue weighted by Crippen LogP contribution is -2.41. The molecular formula is C21H33N5. The summed E-state index contributed by atoms with van der Waals surface area (Å²) in [4.78, 5) is 4.70. The Balaban J connectivity index is 2.38. The second-order valence-corrected chi connectivity index (χ2v) is 7.39. The molecule has 0 unspecified atom stereocenters. The summed E-state index contributed by atoms with van der Waals surface area (Å²) in [6.45, 7) is 10.7. The summed E-state index contributed by atoms with van der Waals surface area (Å²) in [6.07, 6.45) is 15.4. The molecular weight excluding hydrogens is 322 g/mol. The first-order chi connectivity index (χ1) is 12.5. The molecule has 1 aromatic heterocycles. The quantitative estimate of drug-likeness (QED) is 0.520. The van der Waals surface area contributed by atoms with E-state index in [0.717, 1.165) is 37.9 Å². The molecule has 0 aliphatic carbocycles. The van der Waals surface area contributed by atoms with Gasteiger partial charge in [-0.1, -0.05) is 32.6 Å². The van der Waals surface area contributed by atoms with Crippen molar-refractivity contribution in [1.29, 1.82) is 5.41 Å². The lowest BCUT2D eigenvalue weighted by Gasteiger charge is -2.38. The number of hydrogen-bond acceptors (Lipinski definition) is 4. The number of piperidine rings is 1. The molecule has 26 heavy (non-hydrogen) atoms. The van der Waals surface area contributed by atoms with Gasteiger partial charge in [-0.2, -0.15) is 5.10 Å². The molecule has 1 aliphatic rings. The van der Waals surface area contributed by atoms with E-state index in [2.05, 4.69) is 59.6 Å². The molecule has 1 fully saturated rings. The van der Waals surface area contributed by atoms with Crippen molar-refractivity contribution in [1.82, 2.24) is 20.0 Å². The molecule has 1 saturated heterocycles. The number of nitrogens with zero attached hydrogens (tertiary/aromatic N) is 3. The van der Waals surface area contributed by atoms with E-state index in [1.165, 1.54) is 17.5 Å². The number of hydrogen-bond donors (Lipinski definition) is 2. The lowest BCUT2D eigenvalue weighted by atomic mass is 9.97. The first-order valence-corrected chi connectivity index (χ1v) is 9.51. The molecule has 0 radical (unpaired) electrons. The minimum Gasteiger partial charge on any atom is -0.348 e. The number of H-pyrrole nitrogens is 1. The minimum atomic E-state index is 0.449. The first kappa shape index (κ1) is 20.2. The Hall–Kier alpha value is -2.14. The third kappa shape index (κ3) is 5.70. The molecule has 0 saturated carbocycles. The zero-order valence-electron chi connectivity index (χ0n) is 16.4. The maximum atomic E-state index is 7.74. The van der Waals surface area contributed by atoms with Crippen LogP contribution in [0.3, 0.4) is 0 Å². The zero-order valence-corrected chi connectivity index (χ0v) is 16.4. The van der Waals surface area contributed by atoms with E-state index in [4.69, 9.17) is 5.41 Å². The molecule has 2 N–H and O–H groups in total. The van der Waals surface area contributed by atoms with Crippen molar-refractivity contribution in [3.8, 4) is 0 Å². The minimum absolute atomic E-state index is 0.449. The van der Waals surface area contributed by atoms with Gasteiger partial charge in [-0.15, -0.1) is 0 Å². The molecule has 142 valence electrons. The van der Waals surface area contributed by atoms with E-state index in [1.807, 2.05) is 18.6 Å². The number of allylic oxidation sites excluding steroid dienone is 4. The Morgan fingerprint density at radius 2 is 2.19 bits per heavy atom. The summed E-state index contributed by atoms with van der Waals surface area (Å²) in [7, 11) is 2.18. The summed E-state index contributed by atoms with van der Waals surface area (Å²) in [5.74, 6) is 0.482. The zero-order chi connectivity index (χ0) is 18.9. The maximum absolute atomic E-state index is 7.74. The summed E-state index contributed by atoms with van der Waals surface area (Å²) < 4.78 is 0. The van der Waals surface area contributed by atoms with Gasteiger partial charge in [0.1, 0.15) is 0 Å². The van der Waals surface area contributed by atoms with Crippen LogP contribution in [0.1, 0.15) is 38.7 Å². The van der Waals surface area contributed by atoms with Gasteiger partial charge < -0.3 is 15.2 Å². The summed E-state index contributed by atoms with van der Waals surface area (Å²) >= 11 is 0.